The van der Waals surface area contributed by atoms with Gasteiger partial charge in [-0.1, -0.05) is 97.1 Å². The van der Waals surface area contributed by atoms with Crippen molar-refractivity contribution in [3.63, 3.8) is 0 Å². The van der Waals surface area contributed by atoms with E-state index in [0.29, 0.717) is 28.3 Å². The lowest BCUT2D eigenvalue weighted by Gasteiger charge is -2.18. The van der Waals surface area contributed by atoms with Crippen LogP contribution < -0.4 is 0 Å². The molecule has 8 aromatic rings. The van der Waals surface area contributed by atoms with Gasteiger partial charge in [-0.25, -0.2) is 15.0 Å². The Morgan fingerprint density at radius 3 is 1.20 bits per heavy atom. The number of halogens is 9. The first kappa shape index (κ1) is 35.5. The zero-order valence-electron chi connectivity index (χ0n) is 28.0. The van der Waals surface area contributed by atoms with Crippen LogP contribution in [0, 0.1) is 0 Å². The summed E-state index contributed by atoms with van der Waals surface area (Å²) in [5.74, 6) is 0.708. The predicted octanol–water partition coefficient (Wildman–Crippen LogP) is 12.7. The Morgan fingerprint density at radius 1 is 0.364 bits per heavy atom. The zero-order valence-corrected chi connectivity index (χ0v) is 28.0. The SMILES string of the molecule is FC(F)(F)c1ccc(-c2ccc(-c3nc(-c4ccccc4)nc(-c4ccccc4)n3)cc2-n2c3cc(C(F)(F)F)ccc3c3ccc(C(F)(F)F)cc32)cc1. The summed E-state index contributed by atoms with van der Waals surface area (Å²) in [4.78, 5) is 14.1. The van der Waals surface area contributed by atoms with E-state index in [4.69, 9.17) is 9.97 Å². The normalized spacial score (nSPS) is 12.5. The van der Waals surface area contributed by atoms with Gasteiger partial charge < -0.3 is 4.57 Å². The molecule has 0 aliphatic heterocycles. The smallest absolute Gasteiger partial charge is 0.309 e. The average molecular weight is 755 g/mol. The molecule has 0 saturated heterocycles. The average Bonchev–Trinajstić information content (AvgIpc) is 3.50. The molecule has 274 valence electrons. The standard InChI is InChI=1S/C42H23F9N4/c43-40(44,45)28-14-11-24(12-15-28)31-18-13-27(39-53-37(25-7-3-1-4-8-25)52-38(54-39)26-9-5-2-6-10-26)21-34(31)55-35-22-29(41(46,47)48)16-19-32(35)33-20-17-30(23-36(33)55)42(49,50)51/h1-23H. The highest BCUT2D eigenvalue weighted by Gasteiger charge is 2.34. The van der Waals surface area contributed by atoms with Gasteiger partial charge in [0.05, 0.1) is 33.4 Å². The fraction of sp³-hybridized carbons (Fsp3) is 0.0714. The highest BCUT2D eigenvalue weighted by molar-refractivity contribution is 6.10. The van der Waals surface area contributed by atoms with Crippen LogP contribution in [0.3, 0.4) is 0 Å². The molecule has 8 rings (SSSR count). The van der Waals surface area contributed by atoms with Gasteiger partial charge in [-0.3, -0.25) is 0 Å². The van der Waals surface area contributed by atoms with Gasteiger partial charge in [0, 0.05) is 33.0 Å². The van der Waals surface area contributed by atoms with Gasteiger partial charge in [0.15, 0.2) is 17.5 Å². The summed E-state index contributed by atoms with van der Waals surface area (Å²) < 4.78 is 127. The molecule has 0 aliphatic carbocycles. The highest BCUT2D eigenvalue weighted by Crippen LogP contribution is 2.43. The van der Waals surface area contributed by atoms with Gasteiger partial charge in [-0.15, -0.1) is 0 Å². The number of hydrogen-bond acceptors (Lipinski definition) is 3. The second-order valence-electron chi connectivity index (χ2n) is 12.6. The van der Waals surface area contributed by atoms with Crippen LogP contribution in [0.2, 0.25) is 0 Å². The summed E-state index contributed by atoms with van der Waals surface area (Å²) in [6.07, 6.45) is -14.3. The lowest BCUT2D eigenvalue weighted by Crippen LogP contribution is -2.07. The molecule has 0 spiro atoms. The molecule has 0 saturated carbocycles. The topological polar surface area (TPSA) is 43.6 Å². The van der Waals surface area contributed by atoms with Crippen LogP contribution in [0.4, 0.5) is 39.5 Å². The second kappa shape index (κ2) is 13.1. The van der Waals surface area contributed by atoms with E-state index in [2.05, 4.69) is 4.98 Å². The highest BCUT2D eigenvalue weighted by atomic mass is 19.4. The third kappa shape index (κ3) is 6.77. The lowest BCUT2D eigenvalue weighted by atomic mass is 9.99. The maximum Gasteiger partial charge on any atom is 0.416 e. The van der Waals surface area contributed by atoms with E-state index < -0.39 is 35.2 Å². The number of nitrogens with zero attached hydrogens (tertiary/aromatic N) is 4. The predicted molar refractivity (Wildman–Crippen MR) is 191 cm³/mol. The van der Waals surface area contributed by atoms with Crippen LogP contribution in [0.5, 0.6) is 0 Å². The molecule has 6 aromatic carbocycles. The maximum absolute atomic E-state index is 14.2. The van der Waals surface area contributed by atoms with Crippen LogP contribution in [0.1, 0.15) is 16.7 Å². The van der Waals surface area contributed by atoms with Crippen molar-refractivity contribution in [1.29, 1.82) is 0 Å². The Kier molecular flexibility index (Phi) is 8.47. The molecule has 2 aromatic heterocycles. The number of aromatic nitrogens is 4. The summed E-state index contributed by atoms with van der Waals surface area (Å²) in [5, 5.41) is 0.441. The largest absolute Gasteiger partial charge is 0.416 e. The van der Waals surface area contributed by atoms with E-state index in [1.807, 2.05) is 12.1 Å². The maximum atomic E-state index is 14.2. The van der Waals surface area contributed by atoms with Gasteiger partial charge in [0.1, 0.15) is 0 Å². The van der Waals surface area contributed by atoms with Crippen molar-refractivity contribution in [2.24, 2.45) is 0 Å². The summed E-state index contributed by atoms with van der Waals surface area (Å²) in [7, 11) is 0. The minimum Gasteiger partial charge on any atom is -0.309 e. The molecule has 0 amide bonds. The van der Waals surface area contributed by atoms with Crippen molar-refractivity contribution in [1.82, 2.24) is 19.5 Å². The minimum absolute atomic E-state index is 0.0684. The number of benzene rings is 6. The van der Waals surface area contributed by atoms with Crippen molar-refractivity contribution in [2.75, 3.05) is 0 Å². The number of alkyl halides is 9. The number of hydrogen-bond donors (Lipinski definition) is 0. The quantitative estimate of drug-likeness (QED) is 0.164. The van der Waals surface area contributed by atoms with Crippen LogP contribution in [-0.2, 0) is 18.5 Å². The van der Waals surface area contributed by atoms with Crippen LogP contribution >= 0.6 is 0 Å². The molecule has 0 radical (unpaired) electrons. The zero-order chi connectivity index (χ0) is 38.7. The van der Waals surface area contributed by atoms with E-state index in [-0.39, 0.29) is 44.4 Å². The molecule has 13 heteroatoms. The van der Waals surface area contributed by atoms with Gasteiger partial charge in [0.25, 0.3) is 0 Å². The summed E-state index contributed by atoms with van der Waals surface area (Å²) in [6, 6.07) is 32.5. The van der Waals surface area contributed by atoms with E-state index in [1.165, 1.54) is 41.0 Å². The molecule has 0 fully saturated rings. The van der Waals surface area contributed by atoms with Crippen molar-refractivity contribution in [2.45, 2.75) is 18.5 Å². The third-order valence-corrected chi connectivity index (χ3v) is 9.14. The Morgan fingerprint density at radius 2 is 0.764 bits per heavy atom. The molecular weight excluding hydrogens is 731 g/mol. The van der Waals surface area contributed by atoms with E-state index >= 15 is 0 Å². The molecular formula is C42H23F9N4. The van der Waals surface area contributed by atoms with Crippen LogP contribution in [-0.4, -0.2) is 19.5 Å². The molecule has 0 aliphatic rings. The van der Waals surface area contributed by atoms with Crippen molar-refractivity contribution >= 4 is 21.8 Å². The Balaban J connectivity index is 1.46. The molecule has 4 nitrogen and oxygen atoms in total. The number of rotatable bonds is 5. The van der Waals surface area contributed by atoms with E-state index in [9.17, 15) is 39.5 Å². The molecule has 0 atom stereocenters. The van der Waals surface area contributed by atoms with Gasteiger partial charge in [-0.05, 0) is 48.0 Å². The first-order chi connectivity index (χ1) is 26.1. The van der Waals surface area contributed by atoms with Gasteiger partial charge in [0.2, 0.25) is 0 Å². The van der Waals surface area contributed by atoms with Crippen molar-refractivity contribution in [3.8, 4) is 51.0 Å². The van der Waals surface area contributed by atoms with Crippen molar-refractivity contribution < 1.29 is 39.5 Å². The Hall–Kier alpha value is -6.50. The Labute approximate surface area is 306 Å². The molecule has 0 unspecified atom stereocenters. The summed E-state index contributed by atoms with van der Waals surface area (Å²) in [5.41, 5.74) is -1.12. The first-order valence-electron chi connectivity index (χ1n) is 16.6. The fourth-order valence-electron chi connectivity index (χ4n) is 6.51. The van der Waals surface area contributed by atoms with E-state index in [1.54, 1.807) is 54.6 Å². The Bertz CT molecular complexity index is 2570. The third-order valence-electron chi connectivity index (χ3n) is 9.14. The summed E-state index contributed by atoms with van der Waals surface area (Å²) in [6.45, 7) is 0. The van der Waals surface area contributed by atoms with Crippen LogP contribution in [0.25, 0.3) is 72.8 Å². The van der Waals surface area contributed by atoms with E-state index in [0.717, 1.165) is 36.4 Å². The minimum atomic E-state index is -4.81. The first-order valence-corrected chi connectivity index (χ1v) is 16.6. The fourth-order valence-corrected chi connectivity index (χ4v) is 6.51. The van der Waals surface area contributed by atoms with Gasteiger partial charge >= 0.3 is 18.5 Å². The monoisotopic (exact) mass is 754 g/mol. The summed E-state index contributed by atoms with van der Waals surface area (Å²) >= 11 is 0. The molecule has 2 heterocycles. The van der Waals surface area contributed by atoms with Gasteiger partial charge in [-0.2, -0.15) is 39.5 Å². The molecule has 0 bridgehead atoms. The molecule has 0 N–H and O–H groups in total. The lowest BCUT2D eigenvalue weighted by molar-refractivity contribution is -0.138. The number of fused-ring (bicyclic) bond motifs is 3. The second-order valence-corrected chi connectivity index (χ2v) is 12.6. The molecule has 55 heavy (non-hydrogen) atoms. The van der Waals surface area contributed by atoms with Crippen molar-refractivity contribution in [3.05, 3.63) is 156 Å². The van der Waals surface area contributed by atoms with Crippen LogP contribution in [0.15, 0.2) is 140 Å².